The predicted molar refractivity (Wildman–Crippen MR) is 128 cm³/mol. The number of carboxylic acid groups (broad SMARTS) is 1. The van der Waals surface area contributed by atoms with Crippen molar-refractivity contribution in [3.63, 3.8) is 0 Å². The molecule has 0 radical (unpaired) electrons. The van der Waals surface area contributed by atoms with Gasteiger partial charge in [-0.1, -0.05) is 32.0 Å². The number of thiol groups is 1. The zero-order chi connectivity index (χ0) is 24.7. The summed E-state index contributed by atoms with van der Waals surface area (Å²) in [6.07, 6.45) is 1.84. The third-order valence-electron chi connectivity index (χ3n) is 5.30. The van der Waals surface area contributed by atoms with Gasteiger partial charge in [-0.05, 0) is 24.5 Å². The topological polar surface area (TPSA) is 166 Å². The van der Waals surface area contributed by atoms with Crippen LogP contribution in [0.2, 0.25) is 0 Å². The van der Waals surface area contributed by atoms with Gasteiger partial charge < -0.3 is 31.8 Å². The van der Waals surface area contributed by atoms with Gasteiger partial charge in [0, 0.05) is 29.3 Å². The van der Waals surface area contributed by atoms with Gasteiger partial charge in [-0.25, -0.2) is 4.79 Å². The van der Waals surface area contributed by atoms with E-state index >= 15 is 0 Å². The van der Waals surface area contributed by atoms with Crippen LogP contribution in [0.25, 0.3) is 10.9 Å². The number of H-pyrrole nitrogens is 1. The van der Waals surface area contributed by atoms with Gasteiger partial charge in [0.15, 0.2) is 0 Å². The minimum atomic E-state index is -1.24. The maximum atomic E-state index is 12.9. The first-order valence-electron chi connectivity index (χ1n) is 10.6. The van der Waals surface area contributed by atoms with Crippen LogP contribution in [0.3, 0.4) is 0 Å². The van der Waals surface area contributed by atoms with Crippen LogP contribution in [0, 0.1) is 5.92 Å². The maximum Gasteiger partial charge on any atom is 0.327 e. The lowest BCUT2D eigenvalue weighted by Gasteiger charge is -2.24. The van der Waals surface area contributed by atoms with Crippen LogP contribution in [-0.2, 0) is 25.6 Å². The number of carbonyl (C=O) groups is 4. The second-order valence-corrected chi connectivity index (χ2v) is 8.57. The molecule has 0 spiro atoms. The van der Waals surface area contributed by atoms with Crippen molar-refractivity contribution in [1.82, 2.24) is 20.9 Å². The van der Waals surface area contributed by atoms with E-state index in [2.05, 4.69) is 33.6 Å². The number of amides is 3. The summed E-state index contributed by atoms with van der Waals surface area (Å²) >= 11 is 3.96. The van der Waals surface area contributed by atoms with Crippen molar-refractivity contribution >= 4 is 47.2 Å². The number of fused-ring (bicyclic) bond motifs is 1. The van der Waals surface area contributed by atoms with Crippen LogP contribution < -0.4 is 21.7 Å². The Kier molecular flexibility index (Phi) is 9.30. The Bertz CT molecular complexity index is 1010. The van der Waals surface area contributed by atoms with Gasteiger partial charge in [-0.2, -0.15) is 12.6 Å². The number of rotatable bonds is 11. The first-order chi connectivity index (χ1) is 15.5. The lowest BCUT2D eigenvalue weighted by Crippen LogP contribution is -2.57. The highest BCUT2D eigenvalue weighted by Gasteiger charge is 2.29. The summed E-state index contributed by atoms with van der Waals surface area (Å²) in [5.41, 5.74) is 7.45. The molecular weight excluding hydrogens is 446 g/mol. The number of hydrogen-bond donors (Lipinski definition) is 7. The lowest BCUT2D eigenvalue weighted by atomic mass is 10.0. The van der Waals surface area contributed by atoms with Crippen LogP contribution in [-0.4, -0.2) is 63.7 Å². The number of carbonyl (C=O) groups excluding carboxylic acids is 3. The first kappa shape index (κ1) is 26.2. The second-order valence-electron chi connectivity index (χ2n) is 8.21. The summed E-state index contributed by atoms with van der Waals surface area (Å²) in [5.74, 6) is -3.22. The van der Waals surface area contributed by atoms with Crippen LogP contribution >= 0.6 is 12.6 Å². The summed E-state index contributed by atoms with van der Waals surface area (Å²) in [5, 5.41) is 17.7. The van der Waals surface area contributed by atoms with E-state index in [1.807, 2.05) is 24.3 Å². The van der Waals surface area contributed by atoms with Crippen LogP contribution in [0.15, 0.2) is 30.5 Å². The number of hydrogen-bond acceptors (Lipinski definition) is 6. The Morgan fingerprint density at radius 1 is 1.00 bits per heavy atom. The fourth-order valence-electron chi connectivity index (χ4n) is 3.16. The Balaban J connectivity index is 2.20. The summed E-state index contributed by atoms with van der Waals surface area (Å²) in [6, 6.07) is 3.43. The third-order valence-corrected chi connectivity index (χ3v) is 5.67. The van der Waals surface area contributed by atoms with Crippen molar-refractivity contribution in [3.8, 4) is 0 Å². The molecule has 1 aromatic heterocycles. The highest BCUT2D eigenvalue weighted by Crippen LogP contribution is 2.19. The van der Waals surface area contributed by atoms with E-state index in [9.17, 15) is 24.3 Å². The van der Waals surface area contributed by atoms with Crippen molar-refractivity contribution < 1.29 is 24.3 Å². The lowest BCUT2D eigenvalue weighted by molar-refractivity contribution is -0.141. The van der Waals surface area contributed by atoms with Gasteiger partial charge in [0.2, 0.25) is 17.7 Å². The quantitative estimate of drug-likeness (QED) is 0.228. The summed E-state index contributed by atoms with van der Waals surface area (Å²) in [4.78, 5) is 52.3. The molecule has 10 nitrogen and oxygen atoms in total. The van der Waals surface area contributed by atoms with Crippen molar-refractivity contribution in [2.45, 2.75) is 51.4 Å². The Morgan fingerprint density at radius 2 is 1.64 bits per heavy atom. The average Bonchev–Trinajstić information content (AvgIpc) is 3.18. The molecule has 4 unspecified atom stereocenters. The van der Waals surface area contributed by atoms with Gasteiger partial charge in [-0.3, -0.25) is 14.4 Å². The molecule has 0 saturated carbocycles. The molecule has 0 saturated heterocycles. The molecule has 0 aliphatic rings. The van der Waals surface area contributed by atoms with Gasteiger partial charge in [0.05, 0.1) is 6.04 Å². The average molecular weight is 478 g/mol. The molecule has 0 aliphatic heterocycles. The zero-order valence-corrected chi connectivity index (χ0v) is 19.7. The molecule has 7 N–H and O–H groups in total. The highest BCUT2D eigenvalue weighted by molar-refractivity contribution is 7.80. The molecule has 2 aromatic rings. The number of para-hydroxylation sites is 1. The van der Waals surface area contributed by atoms with Gasteiger partial charge in [-0.15, -0.1) is 0 Å². The predicted octanol–water partition coefficient (Wildman–Crippen LogP) is 0.182. The largest absolute Gasteiger partial charge is 0.480 e. The number of benzene rings is 1. The Hall–Kier alpha value is -3.05. The summed E-state index contributed by atoms with van der Waals surface area (Å²) in [6.45, 7) is 5.06. The van der Waals surface area contributed by atoms with Crippen LogP contribution in [0.5, 0.6) is 0 Å². The van der Waals surface area contributed by atoms with Crippen LogP contribution in [0.1, 0.15) is 26.3 Å². The molecule has 0 bridgehead atoms. The van der Waals surface area contributed by atoms with E-state index in [0.29, 0.717) is 0 Å². The normalized spacial score (nSPS) is 14.8. The molecule has 4 atom stereocenters. The zero-order valence-electron chi connectivity index (χ0n) is 18.8. The number of aliphatic carboxylic acids is 1. The minimum absolute atomic E-state index is 0.104. The number of aromatic nitrogens is 1. The first-order valence-corrected chi connectivity index (χ1v) is 11.2. The van der Waals surface area contributed by atoms with E-state index in [0.717, 1.165) is 16.5 Å². The number of nitrogens with two attached hydrogens (primary N) is 1. The molecule has 2 rings (SSSR count). The molecule has 1 heterocycles. The monoisotopic (exact) mass is 477 g/mol. The van der Waals surface area contributed by atoms with Crippen LogP contribution in [0.4, 0.5) is 0 Å². The van der Waals surface area contributed by atoms with E-state index < -0.39 is 47.9 Å². The van der Waals surface area contributed by atoms with E-state index in [4.69, 9.17) is 5.73 Å². The van der Waals surface area contributed by atoms with Gasteiger partial charge in [0.1, 0.15) is 18.1 Å². The minimum Gasteiger partial charge on any atom is -0.480 e. The molecule has 33 heavy (non-hydrogen) atoms. The van der Waals surface area contributed by atoms with E-state index in [-0.39, 0.29) is 18.1 Å². The molecule has 11 heteroatoms. The fraction of sp³-hybridized carbons (Fsp3) is 0.455. The maximum absolute atomic E-state index is 12.9. The number of nitrogens with one attached hydrogen (secondary N) is 4. The smallest absolute Gasteiger partial charge is 0.327 e. The SMILES string of the molecule is CC(NC(=O)C(N)C(C)C)C(=O)NC(Cc1c[nH]c2ccccc12)C(=O)NC(CS)C(=O)O. The molecule has 1 aromatic carbocycles. The third kappa shape index (κ3) is 6.96. The highest BCUT2D eigenvalue weighted by atomic mass is 32.1. The molecular formula is C22H31N5O5S. The van der Waals surface area contributed by atoms with Crippen molar-refractivity contribution in [2.24, 2.45) is 11.7 Å². The van der Waals surface area contributed by atoms with Crippen molar-refractivity contribution in [3.05, 3.63) is 36.0 Å². The summed E-state index contributed by atoms with van der Waals surface area (Å²) in [7, 11) is 0. The summed E-state index contributed by atoms with van der Waals surface area (Å²) < 4.78 is 0. The van der Waals surface area contributed by atoms with E-state index in [1.54, 1.807) is 20.0 Å². The number of aromatic amines is 1. The van der Waals surface area contributed by atoms with Crippen molar-refractivity contribution in [1.29, 1.82) is 0 Å². The molecule has 0 fully saturated rings. The Labute approximate surface area is 197 Å². The molecule has 0 aliphatic carbocycles. The number of carboxylic acids is 1. The Morgan fingerprint density at radius 3 is 2.24 bits per heavy atom. The standard InChI is InChI=1S/C22H31N5O5S/c1-11(2)18(23)21(30)25-12(3)19(28)26-16(20(29)27-17(10-33)22(31)32)8-13-9-24-15-7-5-4-6-14(13)15/h4-7,9,11-12,16-18,24,33H,8,10,23H2,1-3H3,(H,25,30)(H,26,28)(H,27,29)(H,31,32). The van der Waals surface area contributed by atoms with Gasteiger partial charge in [0.25, 0.3) is 0 Å². The van der Waals surface area contributed by atoms with E-state index in [1.165, 1.54) is 6.92 Å². The molecule has 180 valence electrons. The van der Waals surface area contributed by atoms with Gasteiger partial charge >= 0.3 is 5.97 Å². The molecule has 3 amide bonds. The fourth-order valence-corrected chi connectivity index (χ4v) is 3.41. The van der Waals surface area contributed by atoms with Crippen molar-refractivity contribution in [2.75, 3.05) is 5.75 Å². The second kappa shape index (κ2) is 11.7.